The summed E-state index contributed by atoms with van der Waals surface area (Å²) in [6, 6.07) is 25.9. The lowest BCUT2D eigenvalue weighted by Crippen LogP contribution is -3.00. The van der Waals surface area contributed by atoms with Crippen LogP contribution in [0.15, 0.2) is 83.6 Å². The summed E-state index contributed by atoms with van der Waals surface area (Å²) in [5.74, 6) is 0. The molecule has 3 aromatic carbocycles. The minimum atomic E-state index is 0. The Labute approximate surface area is 173 Å². The Morgan fingerprint density at radius 1 is 0.846 bits per heavy atom. The SMILES string of the molecule is Cc1ccc(Cn2c[n+](Cc3ccc(Br)cc3)c3ccccc32)cc1.[Br-]. The minimum Gasteiger partial charge on any atom is -1.00 e. The molecule has 0 atom stereocenters. The van der Waals surface area contributed by atoms with Gasteiger partial charge in [-0.3, -0.25) is 0 Å². The van der Waals surface area contributed by atoms with Crippen LogP contribution in [0.1, 0.15) is 16.7 Å². The first-order valence-corrected chi connectivity index (χ1v) is 9.26. The molecular weight excluding hydrogens is 452 g/mol. The average Bonchev–Trinajstić information content (AvgIpc) is 2.97. The standard InChI is InChI=1S/C22H20BrN2.BrH/c1-17-6-8-18(9-7-17)14-24-16-25(22-5-3-2-4-21(22)24)15-19-10-12-20(23)13-11-19;/h2-13,16H,14-15H2,1H3;1H/q+1;/p-1. The zero-order chi connectivity index (χ0) is 17.2. The van der Waals surface area contributed by atoms with E-state index in [1.807, 2.05) is 0 Å². The van der Waals surface area contributed by atoms with Crippen LogP contribution in [0, 0.1) is 6.92 Å². The van der Waals surface area contributed by atoms with Gasteiger partial charge in [-0.1, -0.05) is 70.0 Å². The quantitative estimate of drug-likeness (QED) is 0.403. The zero-order valence-electron chi connectivity index (χ0n) is 14.6. The highest BCUT2D eigenvalue weighted by molar-refractivity contribution is 9.10. The summed E-state index contributed by atoms with van der Waals surface area (Å²) in [4.78, 5) is 0. The van der Waals surface area contributed by atoms with E-state index in [9.17, 15) is 0 Å². The smallest absolute Gasteiger partial charge is 0.245 e. The molecule has 1 aromatic heterocycles. The van der Waals surface area contributed by atoms with Crippen molar-refractivity contribution in [3.05, 3.63) is 100 Å². The molecule has 0 amide bonds. The first-order valence-electron chi connectivity index (χ1n) is 8.46. The van der Waals surface area contributed by atoms with Crippen molar-refractivity contribution in [2.24, 2.45) is 0 Å². The first-order chi connectivity index (χ1) is 12.2. The predicted molar refractivity (Wildman–Crippen MR) is 106 cm³/mol. The van der Waals surface area contributed by atoms with Crippen molar-refractivity contribution >= 4 is 27.0 Å². The Balaban J connectivity index is 0.00000196. The Bertz CT molecular complexity index is 921. The average molecular weight is 472 g/mol. The van der Waals surface area contributed by atoms with E-state index in [-0.39, 0.29) is 17.0 Å². The van der Waals surface area contributed by atoms with Crippen molar-refractivity contribution < 1.29 is 21.5 Å². The molecule has 26 heavy (non-hydrogen) atoms. The molecule has 0 N–H and O–H groups in total. The molecule has 4 rings (SSSR count). The summed E-state index contributed by atoms with van der Waals surface area (Å²) < 4.78 is 5.77. The molecule has 0 unspecified atom stereocenters. The van der Waals surface area contributed by atoms with Crippen molar-refractivity contribution in [2.45, 2.75) is 20.0 Å². The van der Waals surface area contributed by atoms with Gasteiger partial charge in [0.15, 0.2) is 11.0 Å². The second-order valence-corrected chi connectivity index (χ2v) is 7.39. The molecule has 0 aliphatic heterocycles. The van der Waals surface area contributed by atoms with Crippen molar-refractivity contribution in [1.82, 2.24) is 4.57 Å². The van der Waals surface area contributed by atoms with Gasteiger partial charge < -0.3 is 17.0 Å². The van der Waals surface area contributed by atoms with E-state index in [4.69, 9.17) is 0 Å². The summed E-state index contributed by atoms with van der Waals surface area (Å²) in [6.07, 6.45) is 2.23. The van der Waals surface area contributed by atoms with Crippen LogP contribution >= 0.6 is 15.9 Å². The molecule has 0 aliphatic rings. The molecule has 4 aromatic rings. The predicted octanol–water partition coefficient (Wildman–Crippen LogP) is 2.10. The second kappa shape index (κ2) is 8.19. The number of hydrogen-bond donors (Lipinski definition) is 0. The Morgan fingerprint density at radius 2 is 1.50 bits per heavy atom. The number of aromatic nitrogens is 2. The van der Waals surface area contributed by atoms with Gasteiger partial charge in [-0.25, -0.2) is 9.13 Å². The van der Waals surface area contributed by atoms with Gasteiger partial charge in [0.05, 0.1) is 0 Å². The number of rotatable bonds is 4. The van der Waals surface area contributed by atoms with Gasteiger partial charge in [-0.15, -0.1) is 0 Å². The molecule has 4 heteroatoms. The molecule has 0 saturated carbocycles. The maximum Gasteiger partial charge on any atom is 0.245 e. The van der Waals surface area contributed by atoms with E-state index in [1.165, 1.54) is 27.7 Å². The number of halogens is 2. The maximum absolute atomic E-state index is 3.51. The number of fused-ring (bicyclic) bond motifs is 1. The topological polar surface area (TPSA) is 8.81 Å². The third-order valence-corrected chi connectivity index (χ3v) is 5.05. The number of imidazole rings is 1. The molecule has 0 saturated heterocycles. The summed E-state index contributed by atoms with van der Waals surface area (Å²) >= 11 is 3.51. The van der Waals surface area contributed by atoms with Gasteiger partial charge in [0.1, 0.15) is 13.1 Å². The van der Waals surface area contributed by atoms with Gasteiger partial charge in [0, 0.05) is 4.47 Å². The maximum atomic E-state index is 3.51. The largest absolute Gasteiger partial charge is 1.00 e. The number of nitrogens with zero attached hydrogens (tertiary/aromatic N) is 2. The van der Waals surface area contributed by atoms with Crippen molar-refractivity contribution in [3.63, 3.8) is 0 Å². The van der Waals surface area contributed by atoms with Crippen molar-refractivity contribution in [1.29, 1.82) is 0 Å². The van der Waals surface area contributed by atoms with Crippen LogP contribution in [0.5, 0.6) is 0 Å². The zero-order valence-corrected chi connectivity index (χ0v) is 17.7. The third kappa shape index (κ3) is 4.08. The first kappa shape index (κ1) is 18.9. The van der Waals surface area contributed by atoms with Crippen LogP contribution in [0.4, 0.5) is 0 Å². The van der Waals surface area contributed by atoms with Crippen LogP contribution in [-0.4, -0.2) is 4.57 Å². The minimum absolute atomic E-state index is 0. The molecular formula is C22H20Br2N2. The van der Waals surface area contributed by atoms with E-state index in [2.05, 4.69) is 111 Å². The highest BCUT2D eigenvalue weighted by atomic mass is 79.9. The van der Waals surface area contributed by atoms with E-state index in [1.54, 1.807) is 0 Å². The number of hydrogen-bond acceptors (Lipinski definition) is 0. The fraction of sp³-hybridized carbons (Fsp3) is 0.136. The fourth-order valence-electron chi connectivity index (χ4n) is 3.17. The number of para-hydroxylation sites is 2. The molecule has 0 radical (unpaired) electrons. The number of benzene rings is 3. The molecule has 0 aliphatic carbocycles. The van der Waals surface area contributed by atoms with Crippen LogP contribution in [0.25, 0.3) is 11.0 Å². The van der Waals surface area contributed by atoms with Crippen LogP contribution in [0.3, 0.4) is 0 Å². The molecule has 0 spiro atoms. The normalized spacial score (nSPS) is 10.7. The van der Waals surface area contributed by atoms with Gasteiger partial charge in [-0.05, 0) is 42.3 Å². The fourth-order valence-corrected chi connectivity index (χ4v) is 3.44. The van der Waals surface area contributed by atoms with Crippen LogP contribution < -0.4 is 21.5 Å². The van der Waals surface area contributed by atoms with E-state index in [0.29, 0.717) is 0 Å². The van der Waals surface area contributed by atoms with Gasteiger partial charge >= 0.3 is 0 Å². The molecule has 0 bridgehead atoms. The highest BCUT2D eigenvalue weighted by Gasteiger charge is 2.15. The lowest BCUT2D eigenvalue weighted by atomic mass is 10.1. The molecule has 2 nitrogen and oxygen atoms in total. The lowest BCUT2D eigenvalue weighted by molar-refractivity contribution is -0.663. The lowest BCUT2D eigenvalue weighted by Gasteiger charge is -2.00. The summed E-state index contributed by atoms with van der Waals surface area (Å²) in [6.45, 7) is 3.88. The summed E-state index contributed by atoms with van der Waals surface area (Å²) in [7, 11) is 0. The molecule has 0 fully saturated rings. The van der Waals surface area contributed by atoms with E-state index in [0.717, 1.165) is 17.6 Å². The molecule has 1 heterocycles. The van der Waals surface area contributed by atoms with Gasteiger partial charge in [-0.2, -0.15) is 0 Å². The van der Waals surface area contributed by atoms with E-state index >= 15 is 0 Å². The Morgan fingerprint density at radius 3 is 2.23 bits per heavy atom. The third-order valence-electron chi connectivity index (χ3n) is 4.52. The molecule has 132 valence electrons. The van der Waals surface area contributed by atoms with Crippen molar-refractivity contribution in [3.8, 4) is 0 Å². The Kier molecular flexibility index (Phi) is 5.94. The van der Waals surface area contributed by atoms with E-state index < -0.39 is 0 Å². The highest BCUT2D eigenvalue weighted by Crippen LogP contribution is 2.15. The van der Waals surface area contributed by atoms with Crippen molar-refractivity contribution in [2.75, 3.05) is 0 Å². The van der Waals surface area contributed by atoms with Gasteiger partial charge in [0.2, 0.25) is 6.33 Å². The van der Waals surface area contributed by atoms with Gasteiger partial charge in [0.25, 0.3) is 0 Å². The summed E-state index contributed by atoms with van der Waals surface area (Å²) in [5.41, 5.74) is 6.44. The van der Waals surface area contributed by atoms with Crippen LogP contribution in [-0.2, 0) is 13.1 Å². The second-order valence-electron chi connectivity index (χ2n) is 6.47. The monoisotopic (exact) mass is 470 g/mol. The Hall–Kier alpha value is -1.91. The number of aryl methyl sites for hydroxylation is 1. The summed E-state index contributed by atoms with van der Waals surface area (Å²) in [5, 5.41) is 0. The van der Waals surface area contributed by atoms with Crippen LogP contribution in [0.2, 0.25) is 0 Å².